The molecule has 1 rings (SSSR count). The molecule has 0 amide bonds. The Morgan fingerprint density at radius 3 is 1.71 bits per heavy atom. The molecular weight excluding hydrogens is 172 g/mol. The van der Waals surface area contributed by atoms with Crippen molar-refractivity contribution in [3.05, 3.63) is 23.7 Å². The van der Waals surface area contributed by atoms with Crippen LogP contribution in [0.3, 0.4) is 0 Å². The third-order valence-corrected chi connectivity index (χ3v) is 1.14. The van der Waals surface area contributed by atoms with Crippen LogP contribution in [-0.2, 0) is 6.42 Å². The van der Waals surface area contributed by atoms with E-state index in [-0.39, 0.29) is 0 Å². The maximum atomic E-state index is 5.23. The zero-order valence-electron chi connectivity index (χ0n) is 10.8. The third-order valence-electron chi connectivity index (χ3n) is 1.14. The van der Waals surface area contributed by atoms with Crippen LogP contribution in [0.15, 0.2) is 16.5 Å². The van der Waals surface area contributed by atoms with E-state index in [9.17, 15) is 0 Å². The Morgan fingerprint density at radius 1 is 1.14 bits per heavy atom. The van der Waals surface area contributed by atoms with Gasteiger partial charge in [0, 0.05) is 6.42 Å². The van der Waals surface area contributed by atoms with Gasteiger partial charge >= 0.3 is 0 Å². The molecule has 0 fully saturated rings. The number of rotatable bonds is 1. The molecule has 14 heavy (non-hydrogen) atoms. The highest BCUT2D eigenvalue weighted by Gasteiger charge is 1.91. The van der Waals surface area contributed by atoms with Crippen molar-refractivity contribution in [1.82, 2.24) is 0 Å². The van der Waals surface area contributed by atoms with Crippen molar-refractivity contribution in [2.75, 3.05) is 0 Å². The summed E-state index contributed by atoms with van der Waals surface area (Å²) < 4.78 is 5.23. The fraction of sp³-hybridized carbons (Fsp3) is 0.692. The van der Waals surface area contributed by atoms with Gasteiger partial charge in [0.1, 0.15) is 11.5 Å². The first-order valence-electron chi connectivity index (χ1n) is 5.61. The highest BCUT2D eigenvalue weighted by atomic mass is 16.3. The Hall–Kier alpha value is -0.720. The zero-order chi connectivity index (χ0) is 11.6. The van der Waals surface area contributed by atoms with Gasteiger partial charge in [-0.1, -0.05) is 41.5 Å². The van der Waals surface area contributed by atoms with Gasteiger partial charge in [-0.05, 0) is 25.0 Å². The smallest absolute Gasteiger partial charge is 0.103 e. The molecule has 0 unspecified atom stereocenters. The highest BCUT2D eigenvalue weighted by molar-refractivity contribution is 5.04. The van der Waals surface area contributed by atoms with Crippen LogP contribution in [0.25, 0.3) is 0 Å². The van der Waals surface area contributed by atoms with Crippen molar-refractivity contribution in [3.8, 4) is 0 Å². The number of hydrogen-bond acceptors (Lipinski definition) is 1. The Balaban J connectivity index is 0. The molecule has 0 spiro atoms. The Morgan fingerprint density at radius 2 is 1.57 bits per heavy atom. The average molecular weight is 198 g/mol. The van der Waals surface area contributed by atoms with Gasteiger partial charge in [0.15, 0.2) is 0 Å². The molecule has 0 aromatic carbocycles. The molecule has 84 valence electrons. The van der Waals surface area contributed by atoms with Crippen LogP contribution in [0.4, 0.5) is 0 Å². The molecule has 1 nitrogen and oxygen atoms in total. The third kappa shape index (κ3) is 11.3. The summed E-state index contributed by atoms with van der Waals surface area (Å²) in [5.74, 6) is 2.91. The van der Waals surface area contributed by atoms with E-state index in [0.717, 1.165) is 23.9 Å². The topological polar surface area (TPSA) is 13.1 Å². The van der Waals surface area contributed by atoms with Crippen LogP contribution in [0.5, 0.6) is 0 Å². The number of furan rings is 1. The lowest BCUT2D eigenvalue weighted by Crippen LogP contribution is -1.67. The zero-order valence-corrected chi connectivity index (χ0v) is 10.8. The largest absolute Gasteiger partial charge is 0.466 e. The van der Waals surface area contributed by atoms with Crippen molar-refractivity contribution in [3.63, 3.8) is 0 Å². The molecule has 0 saturated heterocycles. The molecule has 0 bridgehead atoms. The average Bonchev–Trinajstić information content (AvgIpc) is 2.54. The van der Waals surface area contributed by atoms with E-state index < -0.39 is 0 Å². The first kappa shape index (κ1) is 15.7. The summed E-state index contributed by atoms with van der Waals surface area (Å²) in [6, 6.07) is 3.99. The predicted molar refractivity (Wildman–Crippen MR) is 64.7 cm³/mol. The number of hydrogen-bond donors (Lipinski definition) is 0. The monoisotopic (exact) mass is 198 g/mol. The lowest BCUT2D eigenvalue weighted by Gasteiger charge is -1.83. The maximum Gasteiger partial charge on any atom is 0.103 e. The van der Waals surface area contributed by atoms with Crippen molar-refractivity contribution in [2.45, 2.75) is 54.9 Å². The van der Waals surface area contributed by atoms with Gasteiger partial charge in [0.2, 0.25) is 0 Å². The number of aryl methyl sites for hydroxylation is 2. The summed E-state index contributed by atoms with van der Waals surface area (Å²) in [7, 11) is 0. The fourth-order valence-corrected chi connectivity index (χ4v) is 0.675. The van der Waals surface area contributed by atoms with Gasteiger partial charge in [-0.2, -0.15) is 0 Å². The van der Waals surface area contributed by atoms with Crippen LogP contribution in [0.1, 0.15) is 53.1 Å². The van der Waals surface area contributed by atoms with E-state index in [1.54, 1.807) is 0 Å². The Bertz CT molecular complexity index is 196. The lowest BCUT2D eigenvalue weighted by atomic mass is 10.3. The highest BCUT2D eigenvalue weighted by Crippen LogP contribution is 2.05. The normalized spacial score (nSPS) is 8.57. The van der Waals surface area contributed by atoms with Crippen molar-refractivity contribution < 1.29 is 4.42 Å². The molecule has 0 aliphatic heterocycles. The minimum atomic E-state index is 0.833. The first-order valence-corrected chi connectivity index (χ1v) is 5.61. The molecule has 1 heterocycles. The van der Waals surface area contributed by atoms with E-state index in [1.165, 1.54) is 0 Å². The molecule has 1 aromatic heterocycles. The van der Waals surface area contributed by atoms with Gasteiger partial charge in [-0.15, -0.1) is 0 Å². The van der Waals surface area contributed by atoms with Crippen molar-refractivity contribution in [2.24, 2.45) is 5.92 Å². The van der Waals surface area contributed by atoms with E-state index >= 15 is 0 Å². The summed E-state index contributed by atoms with van der Waals surface area (Å²) in [5, 5.41) is 0. The molecule has 1 heteroatoms. The predicted octanol–water partition coefficient (Wildman–Crippen LogP) is 4.84. The fourth-order valence-electron chi connectivity index (χ4n) is 0.675. The molecule has 1 aromatic rings. The molecular formula is C13H26O. The summed E-state index contributed by atoms with van der Waals surface area (Å²) in [6.07, 6.45) is 0.994. The second kappa shape index (κ2) is 10.4. The van der Waals surface area contributed by atoms with Crippen LogP contribution in [0.2, 0.25) is 0 Å². The van der Waals surface area contributed by atoms with Crippen LogP contribution in [0, 0.1) is 12.8 Å². The van der Waals surface area contributed by atoms with Crippen molar-refractivity contribution in [1.29, 1.82) is 0 Å². The maximum absolute atomic E-state index is 5.23. The van der Waals surface area contributed by atoms with Crippen molar-refractivity contribution >= 4 is 0 Å². The van der Waals surface area contributed by atoms with E-state index in [0.29, 0.717) is 0 Å². The second-order valence-electron chi connectivity index (χ2n) is 3.60. The molecule has 0 saturated carbocycles. The molecule has 0 aliphatic rings. The minimum Gasteiger partial charge on any atom is -0.466 e. The van der Waals surface area contributed by atoms with Crippen LogP contribution in [-0.4, -0.2) is 0 Å². The summed E-state index contributed by atoms with van der Waals surface area (Å²) in [4.78, 5) is 0. The molecule has 0 atom stereocenters. The summed E-state index contributed by atoms with van der Waals surface area (Å²) >= 11 is 0. The second-order valence-corrected chi connectivity index (χ2v) is 3.60. The first-order chi connectivity index (χ1) is 6.56. The van der Waals surface area contributed by atoms with Gasteiger partial charge < -0.3 is 4.42 Å². The molecule has 0 aliphatic carbocycles. The van der Waals surface area contributed by atoms with Gasteiger partial charge in [-0.3, -0.25) is 0 Å². The van der Waals surface area contributed by atoms with E-state index in [1.807, 2.05) is 32.9 Å². The Labute approximate surface area is 89.5 Å². The minimum absolute atomic E-state index is 0.833. The SMILES string of the molecule is CC.CC(C)C.CCc1ccc(C)o1. The molecule has 0 N–H and O–H groups in total. The van der Waals surface area contributed by atoms with Gasteiger partial charge in [0.25, 0.3) is 0 Å². The lowest BCUT2D eigenvalue weighted by molar-refractivity contribution is 0.489. The standard InChI is InChI=1S/C7H10O.C4H10.C2H6/c1-3-7-5-4-6(2)8-7;1-4(2)3;1-2/h4-5H,3H2,1-2H3;4H,1-3H3;1-2H3. The van der Waals surface area contributed by atoms with Gasteiger partial charge in [0.05, 0.1) is 0 Å². The Kier molecular flexibility index (Phi) is 11.6. The van der Waals surface area contributed by atoms with Crippen LogP contribution >= 0.6 is 0 Å². The van der Waals surface area contributed by atoms with E-state index in [2.05, 4.69) is 27.7 Å². The summed E-state index contributed by atoms with van der Waals surface area (Å²) in [6.45, 7) is 14.5. The van der Waals surface area contributed by atoms with E-state index in [4.69, 9.17) is 4.42 Å². The molecule has 0 radical (unpaired) electrons. The summed E-state index contributed by atoms with van der Waals surface area (Å²) in [5.41, 5.74) is 0. The van der Waals surface area contributed by atoms with Gasteiger partial charge in [-0.25, -0.2) is 0 Å². The quantitative estimate of drug-likeness (QED) is 0.629. The van der Waals surface area contributed by atoms with Crippen LogP contribution < -0.4 is 0 Å².